The minimum atomic E-state index is 0.643. The lowest BCUT2D eigenvalue weighted by Gasteiger charge is -2.31. The van der Waals surface area contributed by atoms with Crippen molar-refractivity contribution in [1.82, 2.24) is 15.1 Å². The summed E-state index contributed by atoms with van der Waals surface area (Å²) in [5.41, 5.74) is 0. The molecule has 2 heterocycles. The highest BCUT2D eigenvalue weighted by atomic mass is 32.1. The SMILES string of the molecule is S=C(NC1CCCCC1)N1CCCN2CCCC2C1. The van der Waals surface area contributed by atoms with Crippen molar-refractivity contribution >= 4 is 17.3 Å². The fourth-order valence-electron chi connectivity index (χ4n) is 3.90. The molecule has 0 aromatic carbocycles. The van der Waals surface area contributed by atoms with Crippen LogP contribution in [0.3, 0.4) is 0 Å². The Morgan fingerprint density at radius 2 is 1.68 bits per heavy atom. The largest absolute Gasteiger partial charge is 0.360 e. The third-order valence-corrected chi connectivity index (χ3v) is 5.40. The summed E-state index contributed by atoms with van der Waals surface area (Å²) >= 11 is 5.67. The number of nitrogens with zero attached hydrogens (tertiary/aromatic N) is 2. The number of fused-ring (bicyclic) bond motifs is 1. The zero-order valence-corrected chi connectivity index (χ0v) is 12.8. The van der Waals surface area contributed by atoms with Crippen LogP contribution in [0.15, 0.2) is 0 Å². The Morgan fingerprint density at radius 3 is 2.53 bits per heavy atom. The molecule has 4 heteroatoms. The van der Waals surface area contributed by atoms with E-state index in [1.54, 1.807) is 0 Å². The Labute approximate surface area is 122 Å². The minimum absolute atomic E-state index is 0.643. The third kappa shape index (κ3) is 3.40. The number of thiocarbonyl (C=S) groups is 1. The van der Waals surface area contributed by atoms with Gasteiger partial charge in [0.1, 0.15) is 0 Å². The van der Waals surface area contributed by atoms with Gasteiger partial charge in [0.25, 0.3) is 0 Å². The van der Waals surface area contributed by atoms with Gasteiger partial charge < -0.3 is 10.2 Å². The van der Waals surface area contributed by atoms with Gasteiger partial charge in [0.05, 0.1) is 0 Å². The molecule has 1 atom stereocenters. The highest BCUT2D eigenvalue weighted by molar-refractivity contribution is 7.80. The molecule has 3 aliphatic rings. The highest BCUT2D eigenvalue weighted by Gasteiger charge is 2.29. The predicted octanol–water partition coefficient (Wildman–Crippen LogP) is 2.36. The summed E-state index contributed by atoms with van der Waals surface area (Å²) in [6.45, 7) is 4.87. The zero-order chi connectivity index (χ0) is 13.1. The second-order valence-corrected chi connectivity index (χ2v) is 6.80. The van der Waals surface area contributed by atoms with E-state index < -0.39 is 0 Å². The van der Waals surface area contributed by atoms with Crippen molar-refractivity contribution in [3.05, 3.63) is 0 Å². The molecule has 108 valence electrons. The van der Waals surface area contributed by atoms with Crippen molar-refractivity contribution in [2.45, 2.75) is 63.5 Å². The maximum atomic E-state index is 5.67. The van der Waals surface area contributed by atoms with Crippen LogP contribution in [0.5, 0.6) is 0 Å². The Balaban J connectivity index is 1.53. The van der Waals surface area contributed by atoms with Crippen molar-refractivity contribution in [2.75, 3.05) is 26.2 Å². The smallest absolute Gasteiger partial charge is 0.169 e. The number of hydrogen-bond donors (Lipinski definition) is 1. The van der Waals surface area contributed by atoms with Gasteiger partial charge in [-0.15, -0.1) is 0 Å². The Bertz CT molecular complexity index is 315. The molecule has 0 spiro atoms. The van der Waals surface area contributed by atoms with Crippen molar-refractivity contribution in [3.8, 4) is 0 Å². The molecule has 1 N–H and O–H groups in total. The molecule has 0 aromatic heterocycles. The lowest BCUT2D eigenvalue weighted by molar-refractivity contribution is 0.254. The van der Waals surface area contributed by atoms with Gasteiger partial charge in [-0.2, -0.15) is 0 Å². The average molecular weight is 281 g/mol. The van der Waals surface area contributed by atoms with Crippen LogP contribution < -0.4 is 5.32 Å². The second kappa shape index (κ2) is 6.40. The van der Waals surface area contributed by atoms with Crippen LogP contribution in [-0.2, 0) is 0 Å². The van der Waals surface area contributed by atoms with E-state index in [0.29, 0.717) is 6.04 Å². The van der Waals surface area contributed by atoms with Crippen LogP contribution in [0.2, 0.25) is 0 Å². The summed E-state index contributed by atoms with van der Waals surface area (Å²) in [6.07, 6.45) is 10.8. The molecular weight excluding hydrogens is 254 g/mol. The van der Waals surface area contributed by atoms with Gasteiger partial charge in [-0.25, -0.2) is 0 Å². The molecular formula is C15H27N3S. The monoisotopic (exact) mass is 281 g/mol. The molecule has 0 aromatic rings. The first kappa shape index (κ1) is 13.6. The molecule has 3 rings (SSSR count). The lowest BCUT2D eigenvalue weighted by atomic mass is 9.96. The Morgan fingerprint density at radius 1 is 0.895 bits per heavy atom. The van der Waals surface area contributed by atoms with E-state index in [9.17, 15) is 0 Å². The van der Waals surface area contributed by atoms with Gasteiger partial charge in [-0.3, -0.25) is 4.90 Å². The minimum Gasteiger partial charge on any atom is -0.360 e. The highest BCUT2D eigenvalue weighted by Crippen LogP contribution is 2.22. The molecule has 1 saturated carbocycles. The van der Waals surface area contributed by atoms with Crippen LogP contribution in [0.25, 0.3) is 0 Å². The van der Waals surface area contributed by atoms with Crippen LogP contribution in [0.1, 0.15) is 51.4 Å². The summed E-state index contributed by atoms with van der Waals surface area (Å²) < 4.78 is 0. The number of nitrogens with one attached hydrogen (secondary N) is 1. The zero-order valence-electron chi connectivity index (χ0n) is 11.9. The number of hydrogen-bond acceptors (Lipinski definition) is 2. The third-order valence-electron chi connectivity index (χ3n) is 5.02. The lowest BCUT2D eigenvalue weighted by Crippen LogP contribution is -2.48. The van der Waals surface area contributed by atoms with Crippen molar-refractivity contribution in [3.63, 3.8) is 0 Å². The quantitative estimate of drug-likeness (QED) is 0.744. The van der Waals surface area contributed by atoms with Crippen LogP contribution in [-0.4, -0.2) is 53.2 Å². The fraction of sp³-hybridized carbons (Fsp3) is 0.933. The summed E-state index contributed by atoms with van der Waals surface area (Å²) in [5.74, 6) is 0. The normalized spacial score (nSPS) is 29.9. The first-order chi connectivity index (χ1) is 9.33. The summed E-state index contributed by atoms with van der Waals surface area (Å²) in [6, 6.07) is 1.40. The van der Waals surface area contributed by atoms with Gasteiger partial charge in [0, 0.05) is 31.7 Å². The van der Waals surface area contributed by atoms with E-state index in [1.165, 1.54) is 64.5 Å². The molecule has 0 amide bonds. The van der Waals surface area contributed by atoms with Crippen molar-refractivity contribution in [1.29, 1.82) is 0 Å². The van der Waals surface area contributed by atoms with E-state index in [-0.39, 0.29) is 0 Å². The van der Waals surface area contributed by atoms with Crippen LogP contribution >= 0.6 is 12.2 Å². The predicted molar refractivity (Wildman–Crippen MR) is 83.4 cm³/mol. The molecule has 2 saturated heterocycles. The standard InChI is InChI=1S/C15H27N3S/c19-15(16-13-6-2-1-3-7-13)18-11-5-10-17-9-4-8-14(17)12-18/h13-14H,1-12H2,(H,16,19). The van der Waals surface area contributed by atoms with Gasteiger partial charge in [0.15, 0.2) is 5.11 Å². The molecule has 19 heavy (non-hydrogen) atoms. The van der Waals surface area contributed by atoms with Crippen molar-refractivity contribution in [2.24, 2.45) is 0 Å². The molecule has 0 radical (unpaired) electrons. The fourth-order valence-corrected chi connectivity index (χ4v) is 4.24. The first-order valence-electron chi connectivity index (χ1n) is 8.12. The summed E-state index contributed by atoms with van der Waals surface area (Å²) in [7, 11) is 0. The van der Waals surface area contributed by atoms with E-state index in [4.69, 9.17) is 12.2 Å². The van der Waals surface area contributed by atoms with E-state index in [1.807, 2.05) is 0 Å². The number of rotatable bonds is 1. The van der Waals surface area contributed by atoms with E-state index in [2.05, 4.69) is 15.1 Å². The summed E-state index contributed by atoms with van der Waals surface area (Å²) in [5, 5.41) is 4.66. The van der Waals surface area contributed by atoms with Gasteiger partial charge in [0.2, 0.25) is 0 Å². The Kier molecular flexibility index (Phi) is 4.59. The molecule has 1 aliphatic carbocycles. The maximum Gasteiger partial charge on any atom is 0.169 e. The maximum absolute atomic E-state index is 5.67. The molecule has 3 fully saturated rings. The van der Waals surface area contributed by atoms with Crippen LogP contribution in [0, 0.1) is 0 Å². The van der Waals surface area contributed by atoms with E-state index >= 15 is 0 Å². The van der Waals surface area contributed by atoms with Gasteiger partial charge in [-0.1, -0.05) is 19.3 Å². The van der Waals surface area contributed by atoms with E-state index in [0.717, 1.165) is 24.2 Å². The van der Waals surface area contributed by atoms with Gasteiger partial charge in [-0.05, 0) is 50.9 Å². The molecule has 2 aliphatic heterocycles. The van der Waals surface area contributed by atoms with Crippen LogP contribution in [0.4, 0.5) is 0 Å². The molecule has 0 bridgehead atoms. The van der Waals surface area contributed by atoms with Crippen molar-refractivity contribution < 1.29 is 0 Å². The second-order valence-electron chi connectivity index (χ2n) is 6.42. The Hall–Kier alpha value is -0.350. The molecule has 3 nitrogen and oxygen atoms in total. The van der Waals surface area contributed by atoms with Gasteiger partial charge >= 0.3 is 0 Å². The average Bonchev–Trinajstić information content (AvgIpc) is 2.77. The summed E-state index contributed by atoms with van der Waals surface area (Å²) in [4.78, 5) is 5.11. The molecule has 1 unspecified atom stereocenters. The first-order valence-corrected chi connectivity index (χ1v) is 8.53. The topological polar surface area (TPSA) is 18.5 Å².